The number of nitrogens with two attached hydrogens (primary N) is 1. The van der Waals surface area contributed by atoms with Crippen LogP contribution in [0.4, 0.5) is 4.39 Å². The Bertz CT molecular complexity index is 566. The molecule has 3 rings (SSSR count). The quantitative estimate of drug-likeness (QED) is 0.876. The SMILES string of the molecule is NCc1ccc(CNC(=O)C2(C3CCCCO3)CCC2)c(F)c1. The van der Waals surface area contributed by atoms with E-state index in [0.29, 0.717) is 12.1 Å². The van der Waals surface area contributed by atoms with Gasteiger partial charge < -0.3 is 15.8 Å². The van der Waals surface area contributed by atoms with Gasteiger partial charge in [-0.1, -0.05) is 18.6 Å². The predicted molar refractivity (Wildman–Crippen MR) is 86.0 cm³/mol. The van der Waals surface area contributed by atoms with Gasteiger partial charge >= 0.3 is 0 Å². The summed E-state index contributed by atoms with van der Waals surface area (Å²) < 4.78 is 19.9. The molecule has 1 aliphatic carbocycles. The molecule has 1 saturated heterocycles. The maximum absolute atomic E-state index is 14.0. The van der Waals surface area contributed by atoms with Crippen LogP contribution in [0.5, 0.6) is 0 Å². The minimum atomic E-state index is -0.395. The summed E-state index contributed by atoms with van der Waals surface area (Å²) in [6, 6.07) is 4.93. The average molecular weight is 320 g/mol. The summed E-state index contributed by atoms with van der Waals surface area (Å²) in [7, 11) is 0. The fourth-order valence-electron chi connectivity index (χ4n) is 3.64. The van der Waals surface area contributed by atoms with Crippen LogP contribution in [0, 0.1) is 11.2 Å². The van der Waals surface area contributed by atoms with Gasteiger partial charge in [0.05, 0.1) is 11.5 Å². The Hall–Kier alpha value is -1.46. The molecule has 2 aliphatic rings. The van der Waals surface area contributed by atoms with E-state index in [1.54, 1.807) is 12.1 Å². The van der Waals surface area contributed by atoms with Crippen molar-refractivity contribution in [2.24, 2.45) is 11.1 Å². The maximum atomic E-state index is 14.0. The molecule has 3 N–H and O–H groups in total. The van der Waals surface area contributed by atoms with Gasteiger partial charge in [-0.3, -0.25) is 4.79 Å². The Morgan fingerprint density at radius 3 is 2.74 bits per heavy atom. The Morgan fingerprint density at radius 2 is 2.17 bits per heavy atom. The summed E-state index contributed by atoms with van der Waals surface area (Å²) in [6.07, 6.45) is 5.98. The molecular formula is C18H25FN2O2. The zero-order valence-corrected chi connectivity index (χ0v) is 13.4. The number of halogens is 1. The Morgan fingerprint density at radius 1 is 1.35 bits per heavy atom. The molecule has 0 spiro atoms. The molecule has 2 fully saturated rings. The number of hydrogen-bond acceptors (Lipinski definition) is 3. The van der Waals surface area contributed by atoms with E-state index < -0.39 is 5.41 Å². The second kappa shape index (κ2) is 6.97. The van der Waals surface area contributed by atoms with Gasteiger partial charge in [0.15, 0.2) is 0 Å². The zero-order valence-electron chi connectivity index (χ0n) is 13.4. The molecule has 1 aromatic rings. The molecule has 1 aromatic carbocycles. The number of benzene rings is 1. The van der Waals surface area contributed by atoms with Gasteiger partial charge in [0.1, 0.15) is 5.82 Å². The molecule has 1 atom stereocenters. The molecule has 1 saturated carbocycles. The van der Waals surface area contributed by atoms with Crippen molar-refractivity contribution < 1.29 is 13.9 Å². The number of rotatable bonds is 5. The van der Waals surface area contributed by atoms with Crippen LogP contribution in [0.15, 0.2) is 18.2 Å². The van der Waals surface area contributed by atoms with Crippen molar-refractivity contribution >= 4 is 5.91 Å². The molecule has 1 amide bonds. The van der Waals surface area contributed by atoms with Gasteiger partial charge in [0.25, 0.3) is 0 Å². The van der Waals surface area contributed by atoms with Crippen molar-refractivity contribution in [1.82, 2.24) is 5.32 Å². The van der Waals surface area contributed by atoms with E-state index in [2.05, 4.69) is 5.32 Å². The normalized spacial score (nSPS) is 23.1. The monoisotopic (exact) mass is 320 g/mol. The molecule has 0 bridgehead atoms. The number of carbonyl (C=O) groups is 1. The van der Waals surface area contributed by atoms with E-state index in [9.17, 15) is 9.18 Å². The van der Waals surface area contributed by atoms with Crippen molar-refractivity contribution in [3.05, 3.63) is 35.1 Å². The van der Waals surface area contributed by atoms with Gasteiger partial charge in [-0.2, -0.15) is 0 Å². The lowest BCUT2D eigenvalue weighted by atomic mass is 9.63. The molecule has 5 heteroatoms. The van der Waals surface area contributed by atoms with E-state index in [4.69, 9.17) is 10.5 Å². The minimum absolute atomic E-state index is 0.0120. The van der Waals surface area contributed by atoms with Gasteiger partial charge in [-0.05, 0) is 43.7 Å². The lowest BCUT2D eigenvalue weighted by molar-refractivity contribution is -0.157. The maximum Gasteiger partial charge on any atom is 0.229 e. The topological polar surface area (TPSA) is 64.3 Å². The first-order valence-corrected chi connectivity index (χ1v) is 8.53. The van der Waals surface area contributed by atoms with Crippen molar-refractivity contribution in [3.63, 3.8) is 0 Å². The summed E-state index contributed by atoms with van der Waals surface area (Å²) in [5.41, 5.74) is 6.36. The second-order valence-corrected chi connectivity index (χ2v) is 6.68. The fourth-order valence-corrected chi connectivity index (χ4v) is 3.64. The molecule has 0 aromatic heterocycles. The largest absolute Gasteiger partial charge is 0.377 e. The minimum Gasteiger partial charge on any atom is -0.377 e. The molecule has 1 unspecified atom stereocenters. The van der Waals surface area contributed by atoms with Crippen molar-refractivity contribution in [3.8, 4) is 0 Å². The lowest BCUT2D eigenvalue weighted by Gasteiger charge is -2.47. The van der Waals surface area contributed by atoms with E-state index >= 15 is 0 Å². The van der Waals surface area contributed by atoms with Crippen molar-refractivity contribution in [1.29, 1.82) is 0 Å². The van der Waals surface area contributed by atoms with E-state index in [-0.39, 0.29) is 24.4 Å². The van der Waals surface area contributed by atoms with Crippen LogP contribution in [0.3, 0.4) is 0 Å². The third-order valence-electron chi connectivity index (χ3n) is 5.29. The fraction of sp³-hybridized carbons (Fsp3) is 0.611. The van der Waals surface area contributed by atoms with Crippen LogP contribution in [0.25, 0.3) is 0 Å². The first kappa shape index (κ1) is 16.4. The van der Waals surface area contributed by atoms with E-state index in [1.165, 1.54) is 6.07 Å². The van der Waals surface area contributed by atoms with Crippen molar-refractivity contribution in [2.75, 3.05) is 6.61 Å². The highest BCUT2D eigenvalue weighted by Gasteiger charge is 2.51. The molecule has 0 radical (unpaired) electrons. The molecule has 126 valence electrons. The summed E-state index contributed by atoms with van der Waals surface area (Å²) in [5, 5.41) is 2.93. The number of nitrogens with one attached hydrogen (secondary N) is 1. The molecule has 4 nitrogen and oxygen atoms in total. The number of ether oxygens (including phenoxy) is 1. The highest BCUT2D eigenvalue weighted by molar-refractivity contribution is 5.84. The van der Waals surface area contributed by atoms with Gasteiger partial charge in [-0.15, -0.1) is 0 Å². The third kappa shape index (κ3) is 3.26. The smallest absolute Gasteiger partial charge is 0.229 e. The first-order valence-electron chi connectivity index (χ1n) is 8.53. The lowest BCUT2D eigenvalue weighted by Crippen LogP contribution is -2.54. The van der Waals surface area contributed by atoms with Crippen LogP contribution in [0.1, 0.15) is 49.7 Å². The number of carbonyl (C=O) groups excluding carboxylic acids is 1. The Labute approximate surface area is 136 Å². The molecular weight excluding hydrogens is 295 g/mol. The van der Waals surface area contributed by atoms with Crippen molar-refractivity contribution in [2.45, 2.75) is 57.7 Å². The highest BCUT2D eigenvalue weighted by Crippen LogP contribution is 2.47. The summed E-state index contributed by atoms with van der Waals surface area (Å²) in [4.78, 5) is 12.7. The van der Waals surface area contributed by atoms with Gasteiger partial charge in [-0.25, -0.2) is 4.39 Å². The highest BCUT2D eigenvalue weighted by atomic mass is 19.1. The number of hydrogen-bond donors (Lipinski definition) is 2. The van der Waals surface area contributed by atoms with Gasteiger partial charge in [0, 0.05) is 25.3 Å². The van der Waals surface area contributed by atoms with Crippen LogP contribution in [-0.2, 0) is 22.6 Å². The molecule has 1 aliphatic heterocycles. The van der Waals surface area contributed by atoms with Crippen LogP contribution in [-0.4, -0.2) is 18.6 Å². The standard InChI is InChI=1S/C18H25FN2O2/c19-15-10-13(11-20)5-6-14(15)12-21-17(22)18(7-3-8-18)16-4-1-2-9-23-16/h5-6,10,16H,1-4,7-9,11-12,20H2,(H,21,22). The molecule has 1 heterocycles. The van der Waals surface area contributed by atoms with Crippen LogP contribution >= 0.6 is 0 Å². The average Bonchev–Trinajstić information content (AvgIpc) is 2.53. The first-order chi connectivity index (χ1) is 11.2. The summed E-state index contributed by atoms with van der Waals surface area (Å²) in [6.45, 7) is 1.27. The van der Waals surface area contributed by atoms with Gasteiger partial charge in [0.2, 0.25) is 5.91 Å². The molecule has 23 heavy (non-hydrogen) atoms. The van der Waals surface area contributed by atoms with E-state index in [1.807, 2.05) is 0 Å². The summed E-state index contributed by atoms with van der Waals surface area (Å²) in [5.74, 6) is -0.303. The zero-order chi connectivity index (χ0) is 16.3. The Kier molecular flexibility index (Phi) is 4.97. The number of amides is 1. The van der Waals surface area contributed by atoms with Crippen LogP contribution < -0.4 is 11.1 Å². The second-order valence-electron chi connectivity index (χ2n) is 6.68. The predicted octanol–water partition coefficient (Wildman–Crippen LogP) is 2.64. The third-order valence-corrected chi connectivity index (χ3v) is 5.29. The Balaban J connectivity index is 1.64. The van der Waals surface area contributed by atoms with E-state index in [0.717, 1.165) is 50.7 Å². The van der Waals surface area contributed by atoms with Crippen LogP contribution in [0.2, 0.25) is 0 Å². The summed E-state index contributed by atoms with van der Waals surface area (Å²) >= 11 is 0.